The highest BCUT2D eigenvalue weighted by atomic mass is 79.9. The zero-order valence-electron chi connectivity index (χ0n) is 10.5. The minimum Gasteiger partial charge on any atom is -0.496 e. The SMILES string of the molecule is COC(=O)[C@@H](CO)NC(=O)c1ccc(OC)c(Br)c1. The maximum atomic E-state index is 11.9. The van der Waals surface area contributed by atoms with E-state index in [1.165, 1.54) is 14.2 Å². The number of rotatable bonds is 5. The predicted octanol–water partition coefficient (Wildman–Crippen LogP) is 0.721. The van der Waals surface area contributed by atoms with E-state index in [0.29, 0.717) is 15.8 Å². The molecule has 0 bridgehead atoms. The average molecular weight is 332 g/mol. The second-order valence-corrected chi connectivity index (χ2v) is 4.44. The first kappa shape index (κ1) is 15.5. The zero-order valence-corrected chi connectivity index (χ0v) is 12.1. The van der Waals surface area contributed by atoms with E-state index < -0.39 is 24.5 Å². The van der Waals surface area contributed by atoms with Crippen molar-refractivity contribution in [3.63, 3.8) is 0 Å². The van der Waals surface area contributed by atoms with E-state index in [2.05, 4.69) is 26.0 Å². The van der Waals surface area contributed by atoms with Crippen molar-refractivity contribution in [1.29, 1.82) is 0 Å². The normalized spacial score (nSPS) is 11.6. The van der Waals surface area contributed by atoms with Gasteiger partial charge in [-0.05, 0) is 34.1 Å². The van der Waals surface area contributed by atoms with E-state index in [-0.39, 0.29) is 0 Å². The van der Waals surface area contributed by atoms with Gasteiger partial charge < -0.3 is 19.9 Å². The molecule has 0 aliphatic rings. The molecule has 1 atom stereocenters. The lowest BCUT2D eigenvalue weighted by molar-refractivity contribution is -0.143. The second kappa shape index (κ2) is 7.10. The van der Waals surface area contributed by atoms with Crippen LogP contribution in [0.2, 0.25) is 0 Å². The molecule has 1 aromatic carbocycles. The highest BCUT2D eigenvalue weighted by molar-refractivity contribution is 9.10. The molecule has 0 aliphatic carbocycles. The van der Waals surface area contributed by atoms with E-state index in [9.17, 15) is 9.59 Å². The van der Waals surface area contributed by atoms with Gasteiger partial charge in [0.05, 0.1) is 25.3 Å². The van der Waals surface area contributed by atoms with E-state index >= 15 is 0 Å². The fraction of sp³-hybridized carbons (Fsp3) is 0.333. The van der Waals surface area contributed by atoms with Crippen LogP contribution in [-0.2, 0) is 9.53 Å². The van der Waals surface area contributed by atoms with Crippen LogP contribution in [0.5, 0.6) is 5.75 Å². The molecule has 19 heavy (non-hydrogen) atoms. The Bertz CT molecular complexity index is 477. The summed E-state index contributed by atoms with van der Waals surface area (Å²) in [5.74, 6) is -0.612. The summed E-state index contributed by atoms with van der Waals surface area (Å²) in [6, 6.07) is 3.63. The molecule has 1 rings (SSSR count). The molecule has 2 N–H and O–H groups in total. The van der Waals surface area contributed by atoms with Gasteiger partial charge in [0.15, 0.2) is 6.04 Å². The lowest BCUT2D eigenvalue weighted by Crippen LogP contribution is -2.44. The van der Waals surface area contributed by atoms with Gasteiger partial charge in [-0.2, -0.15) is 0 Å². The monoisotopic (exact) mass is 331 g/mol. The van der Waals surface area contributed by atoms with E-state index in [0.717, 1.165) is 0 Å². The molecule has 0 saturated heterocycles. The van der Waals surface area contributed by atoms with Gasteiger partial charge in [0.1, 0.15) is 5.75 Å². The number of ether oxygens (including phenoxy) is 2. The summed E-state index contributed by atoms with van der Waals surface area (Å²) in [5.41, 5.74) is 0.329. The van der Waals surface area contributed by atoms with Crippen LogP contribution >= 0.6 is 15.9 Å². The number of nitrogens with one attached hydrogen (secondary N) is 1. The summed E-state index contributed by atoms with van der Waals surface area (Å²) >= 11 is 3.26. The van der Waals surface area contributed by atoms with Gasteiger partial charge >= 0.3 is 5.97 Å². The topological polar surface area (TPSA) is 84.9 Å². The summed E-state index contributed by atoms with van der Waals surface area (Å²) in [7, 11) is 2.69. The van der Waals surface area contributed by atoms with Gasteiger partial charge in [0.25, 0.3) is 5.91 Å². The molecule has 7 heteroatoms. The molecule has 0 saturated carbocycles. The number of esters is 1. The molecule has 0 radical (unpaired) electrons. The van der Waals surface area contributed by atoms with E-state index in [1.54, 1.807) is 18.2 Å². The maximum Gasteiger partial charge on any atom is 0.330 e. The first-order valence-corrected chi connectivity index (χ1v) is 6.15. The molecule has 0 aliphatic heterocycles. The average Bonchev–Trinajstić information content (AvgIpc) is 2.43. The number of halogens is 1. The first-order valence-electron chi connectivity index (χ1n) is 5.36. The van der Waals surface area contributed by atoms with Crippen LogP contribution in [0.1, 0.15) is 10.4 Å². The summed E-state index contributed by atoms with van der Waals surface area (Å²) in [5, 5.41) is 11.4. The van der Waals surface area contributed by atoms with Crippen molar-refractivity contribution < 1.29 is 24.2 Å². The zero-order chi connectivity index (χ0) is 14.4. The lowest BCUT2D eigenvalue weighted by atomic mass is 10.2. The molecule has 0 fully saturated rings. The molecule has 0 aromatic heterocycles. The summed E-state index contributed by atoms with van der Waals surface area (Å²) < 4.78 is 10.1. The Balaban J connectivity index is 2.83. The number of benzene rings is 1. The Morgan fingerprint density at radius 3 is 2.58 bits per heavy atom. The third-order valence-corrected chi connectivity index (χ3v) is 3.01. The second-order valence-electron chi connectivity index (χ2n) is 3.58. The van der Waals surface area contributed by atoms with Gasteiger partial charge in [-0.15, -0.1) is 0 Å². The summed E-state index contributed by atoms with van der Waals surface area (Å²) in [4.78, 5) is 23.1. The molecule has 104 valence electrons. The number of carbonyl (C=O) groups is 2. The number of amides is 1. The molecular formula is C12H14BrNO5. The highest BCUT2D eigenvalue weighted by Crippen LogP contribution is 2.25. The van der Waals surface area contributed by atoms with Gasteiger partial charge in [-0.25, -0.2) is 4.79 Å². The van der Waals surface area contributed by atoms with Crippen LogP contribution in [-0.4, -0.2) is 43.9 Å². The van der Waals surface area contributed by atoms with Crippen molar-refractivity contribution in [3.8, 4) is 5.75 Å². The van der Waals surface area contributed by atoms with Crippen molar-refractivity contribution in [1.82, 2.24) is 5.32 Å². The molecule has 6 nitrogen and oxygen atoms in total. The van der Waals surface area contributed by atoms with Gasteiger partial charge in [0.2, 0.25) is 0 Å². The summed E-state index contributed by atoms with van der Waals surface area (Å²) in [6.07, 6.45) is 0. The standard InChI is InChI=1S/C12H14BrNO5/c1-18-10-4-3-7(5-8(10)13)11(16)14-9(6-15)12(17)19-2/h3-5,9,15H,6H2,1-2H3,(H,14,16)/t9-/m1/s1. The van der Waals surface area contributed by atoms with E-state index in [4.69, 9.17) is 9.84 Å². The molecule has 1 aromatic rings. The number of hydrogen-bond donors (Lipinski definition) is 2. The molecule has 0 unspecified atom stereocenters. The number of methoxy groups -OCH3 is 2. The Kier molecular flexibility index (Phi) is 5.78. The number of aliphatic hydroxyl groups is 1. The van der Waals surface area contributed by atoms with Crippen molar-refractivity contribution in [2.24, 2.45) is 0 Å². The van der Waals surface area contributed by atoms with Crippen LogP contribution in [0, 0.1) is 0 Å². The third kappa shape index (κ3) is 3.93. The minimum atomic E-state index is -1.08. The van der Waals surface area contributed by atoms with Crippen LogP contribution in [0.15, 0.2) is 22.7 Å². The van der Waals surface area contributed by atoms with Crippen molar-refractivity contribution in [2.45, 2.75) is 6.04 Å². The van der Waals surface area contributed by atoms with Crippen molar-refractivity contribution in [2.75, 3.05) is 20.8 Å². The van der Waals surface area contributed by atoms with Gasteiger partial charge in [-0.1, -0.05) is 0 Å². The quantitative estimate of drug-likeness (QED) is 0.776. The lowest BCUT2D eigenvalue weighted by Gasteiger charge is -2.14. The van der Waals surface area contributed by atoms with Gasteiger partial charge in [-0.3, -0.25) is 4.79 Å². The predicted molar refractivity (Wildman–Crippen MR) is 71.1 cm³/mol. The Morgan fingerprint density at radius 2 is 2.11 bits per heavy atom. The molecule has 0 heterocycles. The largest absolute Gasteiger partial charge is 0.496 e. The Hall–Kier alpha value is -1.60. The molecular weight excluding hydrogens is 318 g/mol. The Labute approximate surface area is 118 Å². The number of aliphatic hydroxyl groups excluding tert-OH is 1. The fourth-order valence-corrected chi connectivity index (χ4v) is 1.91. The minimum absolute atomic E-state index is 0.329. The smallest absolute Gasteiger partial charge is 0.330 e. The van der Waals surface area contributed by atoms with Crippen molar-refractivity contribution in [3.05, 3.63) is 28.2 Å². The molecule has 1 amide bonds. The summed E-state index contributed by atoms with van der Waals surface area (Å²) in [6.45, 7) is -0.532. The van der Waals surface area contributed by atoms with Crippen LogP contribution in [0.25, 0.3) is 0 Å². The number of hydrogen-bond acceptors (Lipinski definition) is 5. The maximum absolute atomic E-state index is 11.9. The fourth-order valence-electron chi connectivity index (χ4n) is 1.37. The van der Waals surface area contributed by atoms with Gasteiger partial charge in [0, 0.05) is 5.56 Å². The van der Waals surface area contributed by atoms with E-state index in [1.807, 2.05) is 0 Å². The van der Waals surface area contributed by atoms with Crippen LogP contribution < -0.4 is 10.1 Å². The van der Waals surface area contributed by atoms with Crippen LogP contribution in [0.3, 0.4) is 0 Å². The number of carbonyl (C=O) groups excluding carboxylic acids is 2. The van der Waals surface area contributed by atoms with Crippen LogP contribution in [0.4, 0.5) is 0 Å². The third-order valence-electron chi connectivity index (χ3n) is 2.39. The van der Waals surface area contributed by atoms with Crippen molar-refractivity contribution >= 4 is 27.8 Å². The Morgan fingerprint density at radius 1 is 1.42 bits per heavy atom. The first-order chi connectivity index (χ1) is 9.03. The molecule has 0 spiro atoms. The highest BCUT2D eigenvalue weighted by Gasteiger charge is 2.21.